The van der Waals surface area contributed by atoms with Gasteiger partial charge in [-0.15, -0.1) is 0 Å². The van der Waals surface area contributed by atoms with Crippen molar-refractivity contribution in [2.75, 3.05) is 20.2 Å². The molecule has 2 aliphatic rings. The average Bonchev–Trinajstić information content (AvgIpc) is 3.40. The lowest BCUT2D eigenvalue weighted by atomic mass is 10.0. The van der Waals surface area contributed by atoms with Crippen molar-refractivity contribution in [1.29, 1.82) is 0 Å². The third-order valence-electron chi connectivity index (χ3n) is 6.17. The van der Waals surface area contributed by atoms with Gasteiger partial charge in [0.1, 0.15) is 23.2 Å². The Morgan fingerprint density at radius 3 is 2.62 bits per heavy atom. The van der Waals surface area contributed by atoms with Crippen LogP contribution in [-0.2, 0) is 4.79 Å². The number of nitrogens with one attached hydrogen (secondary N) is 1. The summed E-state index contributed by atoms with van der Waals surface area (Å²) >= 11 is 0. The van der Waals surface area contributed by atoms with Gasteiger partial charge in [-0.2, -0.15) is 5.10 Å². The van der Waals surface area contributed by atoms with Crippen LogP contribution in [0.3, 0.4) is 0 Å². The normalized spacial score (nSPS) is 18.2. The van der Waals surface area contributed by atoms with Gasteiger partial charge < -0.3 is 9.64 Å². The molecule has 0 radical (unpaired) electrons. The highest BCUT2D eigenvalue weighted by atomic mass is 19.1. The van der Waals surface area contributed by atoms with Crippen LogP contribution in [0.25, 0.3) is 16.8 Å². The Labute approximate surface area is 182 Å². The molecule has 1 atom stereocenters. The number of carbonyl (C=O) groups is 1. The molecule has 2 fully saturated rings. The summed E-state index contributed by atoms with van der Waals surface area (Å²) in [6.07, 6.45) is 2.51. The molecular formula is C23H22F2N4O3. The number of nitrogens with zero attached hydrogens (tertiary/aromatic N) is 3. The summed E-state index contributed by atoms with van der Waals surface area (Å²) < 4.78 is 35.8. The molecular weight excluding hydrogens is 418 g/mol. The monoisotopic (exact) mass is 440 g/mol. The van der Waals surface area contributed by atoms with Gasteiger partial charge in [0, 0.05) is 36.6 Å². The summed E-state index contributed by atoms with van der Waals surface area (Å²) in [6.45, 7) is 1.05. The van der Waals surface area contributed by atoms with Gasteiger partial charge in [-0.1, -0.05) is 6.07 Å². The predicted molar refractivity (Wildman–Crippen MR) is 113 cm³/mol. The van der Waals surface area contributed by atoms with Gasteiger partial charge in [0.2, 0.25) is 5.91 Å². The van der Waals surface area contributed by atoms with E-state index in [4.69, 9.17) is 4.74 Å². The molecule has 3 aromatic rings. The lowest BCUT2D eigenvalue weighted by molar-refractivity contribution is -0.131. The summed E-state index contributed by atoms with van der Waals surface area (Å²) in [5.74, 6) is -0.357. The first-order valence-corrected chi connectivity index (χ1v) is 10.6. The third-order valence-corrected chi connectivity index (χ3v) is 6.17. The molecule has 9 heteroatoms. The first kappa shape index (κ1) is 20.4. The van der Waals surface area contributed by atoms with E-state index in [2.05, 4.69) is 10.2 Å². The molecule has 1 aliphatic carbocycles. The second-order valence-corrected chi connectivity index (χ2v) is 8.28. The summed E-state index contributed by atoms with van der Waals surface area (Å²) in [6, 6.07) is 8.54. The molecule has 1 aromatic heterocycles. The maximum Gasteiger partial charge on any atom is 0.348 e. The molecule has 5 rings (SSSR count). The number of halogens is 2. The Bertz CT molecular complexity index is 1250. The van der Waals surface area contributed by atoms with Crippen LogP contribution in [0.15, 0.2) is 41.2 Å². The van der Waals surface area contributed by atoms with E-state index in [9.17, 15) is 14.0 Å². The molecule has 2 aromatic carbocycles. The summed E-state index contributed by atoms with van der Waals surface area (Å²) in [4.78, 5) is 26.7. The summed E-state index contributed by atoms with van der Waals surface area (Å²) in [5, 5.41) is 6.53. The van der Waals surface area contributed by atoms with Crippen molar-refractivity contribution in [2.45, 2.75) is 25.2 Å². The topological polar surface area (TPSA) is 80.2 Å². The summed E-state index contributed by atoms with van der Waals surface area (Å²) in [7, 11) is 1.44. The van der Waals surface area contributed by atoms with Crippen molar-refractivity contribution in [3.8, 4) is 22.6 Å². The fourth-order valence-electron chi connectivity index (χ4n) is 4.29. The highest BCUT2D eigenvalue weighted by Gasteiger charge is 2.38. The molecule has 1 N–H and O–H groups in total. The molecule has 32 heavy (non-hydrogen) atoms. The zero-order valence-corrected chi connectivity index (χ0v) is 17.5. The number of rotatable bonds is 5. The molecule has 1 aliphatic heterocycles. The maximum absolute atomic E-state index is 15.1. The molecule has 2 heterocycles. The Morgan fingerprint density at radius 1 is 1.12 bits per heavy atom. The lowest BCUT2D eigenvalue weighted by Crippen LogP contribution is -2.30. The number of hydrogen-bond donors (Lipinski definition) is 1. The fraction of sp³-hybridized carbons (Fsp3) is 0.348. The van der Waals surface area contributed by atoms with Crippen LogP contribution in [0, 0.1) is 17.6 Å². The highest BCUT2D eigenvalue weighted by Crippen LogP contribution is 2.35. The Hall–Kier alpha value is -3.49. The van der Waals surface area contributed by atoms with Crippen LogP contribution >= 0.6 is 0 Å². The van der Waals surface area contributed by atoms with E-state index in [-0.39, 0.29) is 29.0 Å². The van der Waals surface area contributed by atoms with E-state index in [1.807, 2.05) is 0 Å². The van der Waals surface area contributed by atoms with Crippen LogP contribution in [0.4, 0.5) is 8.78 Å². The van der Waals surface area contributed by atoms with Gasteiger partial charge in [0.05, 0.1) is 12.8 Å². The highest BCUT2D eigenvalue weighted by molar-refractivity contribution is 5.81. The van der Waals surface area contributed by atoms with E-state index in [1.165, 1.54) is 35.9 Å². The first-order chi connectivity index (χ1) is 15.5. The molecule has 1 unspecified atom stereocenters. The molecule has 1 amide bonds. The fourth-order valence-corrected chi connectivity index (χ4v) is 4.29. The Morgan fingerprint density at radius 2 is 1.94 bits per heavy atom. The minimum Gasteiger partial charge on any atom is -0.497 e. The van der Waals surface area contributed by atoms with Crippen LogP contribution in [0.5, 0.6) is 5.75 Å². The van der Waals surface area contributed by atoms with Crippen molar-refractivity contribution in [3.63, 3.8) is 0 Å². The standard InChI is InChI=1S/C23H22F2N4O3/c1-32-16-5-6-17(18(24)11-16)14-4-7-20(19(25)10-14)29-21(26-27-23(29)31)15-8-9-28(12-15)22(30)13-2-3-13/h4-7,10-11,13,15H,2-3,8-9,12H2,1H3,(H,27,31). The number of likely N-dealkylation sites (tertiary alicyclic amines) is 1. The summed E-state index contributed by atoms with van der Waals surface area (Å²) in [5.41, 5.74) is 0.0326. The van der Waals surface area contributed by atoms with E-state index in [0.717, 1.165) is 12.8 Å². The van der Waals surface area contributed by atoms with Gasteiger partial charge in [-0.25, -0.2) is 23.2 Å². The first-order valence-electron chi connectivity index (χ1n) is 10.6. The quantitative estimate of drug-likeness (QED) is 0.661. The third kappa shape index (κ3) is 3.57. The van der Waals surface area contributed by atoms with Crippen molar-refractivity contribution >= 4 is 5.91 Å². The predicted octanol–water partition coefficient (Wildman–Crippen LogP) is 3.24. The van der Waals surface area contributed by atoms with Crippen LogP contribution in [-0.4, -0.2) is 45.8 Å². The van der Waals surface area contributed by atoms with Gasteiger partial charge in [0.25, 0.3) is 0 Å². The minimum atomic E-state index is -0.675. The number of ether oxygens (including phenoxy) is 1. The average molecular weight is 440 g/mol. The number of aromatic amines is 1. The van der Waals surface area contributed by atoms with Gasteiger partial charge >= 0.3 is 5.69 Å². The van der Waals surface area contributed by atoms with Crippen LogP contribution < -0.4 is 10.4 Å². The van der Waals surface area contributed by atoms with E-state index in [0.29, 0.717) is 36.6 Å². The Kier molecular flexibility index (Phi) is 5.03. The molecule has 166 valence electrons. The number of hydrogen-bond acceptors (Lipinski definition) is 4. The number of methoxy groups -OCH3 is 1. The van der Waals surface area contributed by atoms with Crippen molar-refractivity contribution in [2.24, 2.45) is 5.92 Å². The number of aromatic nitrogens is 3. The Balaban J connectivity index is 1.45. The minimum absolute atomic E-state index is 0.0309. The van der Waals surface area contributed by atoms with Crippen LogP contribution in [0.2, 0.25) is 0 Å². The van der Waals surface area contributed by atoms with Crippen molar-refractivity contribution in [3.05, 3.63) is 64.3 Å². The van der Waals surface area contributed by atoms with Crippen LogP contribution in [0.1, 0.15) is 31.0 Å². The number of H-pyrrole nitrogens is 1. The van der Waals surface area contributed by atoms with E-state index >= 15 is 4.39 Å². The second-order valence-electron chi connectivity index (χ2n) is 8.28. The van der Waals surface area contributed by atoms with Crippen molar-refractivity contribution < 1.29 is 18.3 Å². The van der Waals surface area contributed by atoms with E-state index < -0.39 is 17.3 Å². The maximum atomic E-state index is 15.1. The largest absolute Gasteiger partial charge is 0.497 e. The van der Waals surface area contributed by atoms with E-state index in [1.54, 1.807) is 17.0 Å². The zero-order chi connectivity index (χ0) is 22.4. The number of amides is 1. The number of carbonyl (C=O) groups excluding carboxylic acids is 1. The lowest BCUT2D eigenvalue weighted by Gasteiger charge is -2.16. The molecule has 7 nitrogen and oxygen atoms in total. The molecule has 1 saturated heterocycles. The van der Waals surface area contributed by atoms with Crippen molar-refractivity contribution in [1.82, 2.24) is 19.7 Å². The van der Waals surface area contributed by atoms with Gasteiger partial charge in [0.15, 0.2) is 0 Å². The van der Waals surface area contributed by atoms with Gasteiger partial charge in [-0.3, -0.25) is 4.79 Å². The molecule has 0 bridgehead atoms. The molecule has 0 spiro atoms. The second kappa shape index (κ2) is 7.89. The SMILES string of the molecule is COc1ccc(-c2ccc(-n3c(C4CCN(C(=O)C5CC5)C4)n[nH]c3=O)c(F)c2)c(F)c1. The van der Waals surface area contributed by atoms with Gasteiger partial charge in [-0.05, 0) is 49.1 Å². The molecule has 1 saturated carbocycles. The zero-order valence-electron chi connectivity index (χ0n) is 17.5. The smallest absolute Gasteiger partial charge is 0.348 e. The number of benzene rings is 2.